The molecule has 0 aromatic carbocycles. The molecule has 3 fully saturated rings. The van der Waals surface area contributed by atoms with Crippen molar-refractivity contribution < 1.29 is 67.2 Å². The molecule has 5 aliphatic rings. The van der Waals surface area contributed by atoms with Crippen LogP contribution in [0.1, 0.15) is 51.6 Å². The summed E-state index contributed by atoms with van der Waals surface area (Å²) in [7, 11) is -4.65. The van der Waals surface area contributed by atoms with Gasteiger partial charge in [0.25, 0.3) is 11.8 Å². The van der Waals surface area contributed by atoms with Gasteiger partial charge in [-0.05, 0) is 18.3 Å². The summed E-state index contributed by atoms with van der Waals surface area (Å²) < 4.78 is 32.6. The molecule has 7 N–H and O–H groups in total. The summed E-state index contributed by atoms with van der Waals surface area (Å²) >= 11 is 0.933. The van der Waals surface area contributed by atoms with Crippen molar-refractivity contribution >= 4 is 62.1 Å². The predicted octanol–water partition coefficient (Wildman–Crippen LogP) is -0.217. The molecule has 0 spiro atoms. The van der Waals surface area contributed by atoms with Crippen LogP contribution in [0, 0.1) is 5.41 Å². The number of esters is 1. The maximum Gasteiger partial charge on any atom is 0.372 e. The molecular formula is C28H31N7O14S2. The number of carbonyl (C=O) groups excluding carboxylic acids is 3. The lowest BCUT2D eigenvalue weighted by Gasteiger charge is -2.38. The van der Waals surface area contributed by atoms with E-state index in [2.05, 4.69) is 15.5 Å². The summed E-state index contributed by atoms with van der Waals surface area (Å²) in [6.07, 6.45) is 2.61. The molecule has 1 saturated carbocycles. The number of thiazole rings is 1. The number of aliphatic hydroxyl groups excluding tert-OH is 2. The molecule has 0 bridgehead atoms. The smallest absolute Gasteiger partial charge is 0.372 e. The largest absolute Gasteiger partial charge is 0.504 e. The highest BCUT2D eigenvalue weighted by Gasteiger charge is 2.65. The highest BCUT2D eigenvalue weighted by atomic mass is 32.2. The highest BCUT2D eigenvalue weighted by Crippen LogP contribution is 2.43. The van der Waals surface area contributed by atoms with Crippen LogP contribution >= 0.6 is 11.3 Å². The lowest BCUT2D eigenvalue weighted by Crippen LogP contribution is -2.57. The van der Waals surface area contributed by atoms with Gasteiger partial charge in [-0.15, -0.1) is 11.3 Å². The number of carbonyl (C=O) groups is 5. The number of nitrogens with one attached hydrogen (secondary N) is 1. The molecule has 2 saturated heterocycles. The number of aromatic nitrogens is 1. The normalized spacial score (nSPS) is 28.0. The Balaban J connectivity index is 1.22. The maximum absolute atomic E-state index is 13.6. The van der Waals surface area contributed by atoms with Crippen LogP contribution in [-0.2, 0) is 48.6 Å². The van der Waals surface area contributed by atoms with E-state index in [1.54, 1.807) is 0 Å². The van der Waals surface area contributed by atoms with E-state index >= 15 is 0 Å². The van der Waals surface area contributed by atoms with E-state index in [0.29, 0.717) is 27.7 Å². The average molecular weight is 754 g/mol. The first-order valence-corrected chi connectivity index (χ1v) is 17.4. The third-order valence-electron chi connectivity index (χ3n) is 9.06. The second-order valence-corrected chi connectivity index (χ2v) is 15.6. The molecule has 5 heterocycles. The number of carboxylic acids is 2. The molecule has 21 nitrogen and oxygen atoms in total. The van der Waals surface area contributed by atoms with Crippen molar-refractivity contribution in [3.63, 3.8) is 0 Å². The molecule has 2 amide bonds. The van der Waals surface area contributed by atoms with Crippen molar-refractivity contribution in [2.24, 2.45) is 10.6 Å². The number of rotatable bonds is 9. The third kappa shape index (κ3) is 5.95. The van der Waals surface area contributed by atoms with Crippen LogP contribution in [-0.4, -0.2) is 113 Å². The maximum atomic E-state index is 13.6. The number of anilines is 1. The van der Waals surface area contributed by atoms with Gasteiger partial charge in [-0.25, -0.2) is 28.0 Å². The first-order chi connectivity index (χ1) is 23.8. The Morgan fingerprint density at radius 3 is 2.39 bits per heavy atom. The first kappa shape index (κ1) is 35.4. The molecule has 1 aromatic heterocycles. The van der Waals surface area contributed by atoms with Crippen LogP contribution < -0.4 is 11.1 Å². The zero-order valence-corrected chi connectivity index (χ0v) is 28.3. The number of carboxylic acid groups (broad SMARTS) is 2. The van der Waals surface area contributed by atoms with Gasteiger partial charge in [-0.1, -0.05) is 19.0 Å². The van der Waals surface area contributed by atoms with E-state index in [1.165, 1.54) is 5.38 Å². The summed E-state index contributed by atoms with van der Waals surface area (Å²) in [5, 5.41) is 47.6. The standard InChI is InChI=1S/C28H31N7O14S2/c1-26(2)3-5-27(6-4-26,23(41)42)49-32-19(15-12-50-25(29)31-15)20(38)30-14-11-47-35(21(14)39)28(24(43)44)8-16(22(40)48-28)34-9-13-7-17(36)18(37)10-33(13)51(34,45)46/h7,9-10,12,14,16,36-37H,3-6,8,11H2,1-2H3,(H2,29,31)(H,30,38)(H,41,42)(H,43,44)/b32-19-/t14-,16?,28?/m0/s1. The summed E-state index contributed by atoms with van der Waals surface area (Å²) in [6, 6.07) is -3.48. The molecule has 23 heteroatoms. The van der Waals surface area contributed by atoms with Crippen molar-refractivity contribution in [1.82, 2.24) is 24.0 Å². The number of ether oxygens (including phenoxy) is 1. The summed E-state index contributed by atoms with van der Waals surface area (Å²) in [6.45, 7) is 3.28. The van der Waals surface area contributed by atoms with Gasteiger partial charge in [0, 0.05) is 30.5 Å². The van der Waals surface area contributed by atoms with Gasteiger partial charge in [-0.3, -0.25) is 14.4 Å². The molecule has 51 heavy (non-hydrogen) atoms. The number of amides is 2. The fourth-order valence-electron chi connectivity index (χ4n) is 5.98. The van der Waals surface area contributed by atoms with E-state index in [9.17, 15) is 52.8 Å². The van der Waals surface area contributed by atoms with Crippen LogP contribution in [0.4, 0.5) is 5.13 Å². The molecule has 6 rings (SSSR count). The number of allylic oxidation sites excluding steroid dienone is 1. The average Bonchev–Trinajstić information content (AvgIpc) is 3.79. The third-order valence-corrected chi connectivity index (χ3v) is 11.4. The number of hydrogen-bond donors (Lipinski definition) is 6. The van der Waals surface area contributed by atoms with Crippen LogP contribution in [0.3, 0.4) is 0 Å². The van der Waals surface area contributed by atoms with Gasteiger partial charge in [0.1, 0.15) is 24.4 Å². The zero-order chi connectivity index (χ0) is 37.3. The van der Waals surface area contributed by atoms with Gasteiger partial charge in [0.15, 0.2) is 22.4 Å². The minimum atomic E-state index is -4.65. The Bertz CT molecular complexity index is 1960. The SMILES string of the molecule is CC1(C)CCC(O/N=C(\C(=O)N[C@H]2CON(C3(C(=O)O)CC(N4C=C5C=C(O)C(O)=CN5S4(=O)=O)C(=O)O3)C2=O)c2csc(N)n2)(C(=O)O)CC1. The number of aliphatic hydroxyl groups is 2. The van der Waals surface area contributed by atoms with Gasteiger partial charge in [-0.2, -0.15) is 13.5 Å². The number of aliphatic carboxylic acids is 2. The highest BCUT2D eigenvalue weighted by molar-refractivity contribution is 7.87. The summed E-state index contributed by atoms with van der Waals surface area (Å²) in [5.74, 6) is -8.39. The zero-order valence-electron chi connectivity index (χ0n) is 26.7. The molecule has 1 aromatic rings. The second kappa shape index (κ2) is 12.1. The van der Waals surface area contributed by atoms with E-state index in [4.69, 9.17) is 20.1 Å². The van der Waals surface area contributed by atoms with Crippen molar-refractivity contribution in [3.05, 3.63) is 46.8 Å². The Labute approximate surface area is 292 Å². The van der Waals surface area contributed by atoms with Gasteiger partial charge in [0.2, 0.25) is 5.60 Å². The van der Waals surface area contributed by atoms with Crippen molar-refractivity contribution in [1.29, 1.82) is 0 Å². The topological polar surface area (TPSA) is 301 Å². The van der Waals surface area contributed by atoms with E-state index < -0.39 is 93.6 Å². The molecule has 0 radical (unpaired) electrons. The number of hydrogen-bond acceptors (Lipinski definition) is 16. The van der Waals surface area contributed by atoms with E-state index in [0.717, 1.165) is 23.6 Å². The lowest BCUT2D eigenvalue weighted by molar-refractivity contribution is -0.256. The Hall–Kier alpha value is -5.42. The van der Waals surface area contributed by atoms with Crippen LogP contribution in [0.5, 0.6) is 0 Å². The van der Waals surface area contributed by atoms with Gasteiger partial charge < -0.3 is 41.1 Å². The predicted molar refractivity (Wildman–Crippen MR) is 168 cm³/mol. The quantitative estimate of drug-likeness (QED) is 0.108. The lowest BCUT2D eigenvalue weighted by atomic mass is 9.71. The number of hydroxylamine groups is 2. The summed E-state index contributed by atoms with van der Waals surface area (Å²) in [4.78, 5) is 80.0. The van der Waals surface area contributed by atoms with Gasteiger partial charge >= 0.3 is 33.8 Å². The first-order valence-electron chi connectivity index (χ1n) is 15.1. The number of nitrogens with zero attached hydrogens (tertiary/aromatic N) is 5. The Kier molecular flexibility index (Phi) is 8.41. The minimum Gasteiger partial charge on any atom is -0.504 e. The number of cyclic esters (lactones) is 1. The van der Waals surface area contributed by atoms with Crippen molar-refractivity contribution in [2.45, 2.75) is 69.4 Å². The molecule has 1 aliphatic carbocycles. The Morgan fingerprint density at radius 1 is 1.10 bits per heavy atom. The number of oxime groups is 1. The number of fused-ring (bicyclic) bond motifs is 1. The fraction of sp³-hybridized carbons (Fsp3) is 0.464. The van der Waals surface area contributed by atoms with Crippen molar-refractivity contribution in [3.8, 4) is 0 Å². The van der Waals surface area contributed by atoms with Crippen LogP contribution in [0.25, 0.3) is 0 Å². The molecule has 3 atom stereocenters. The number of nitrogens with two attached hydrogens (primary N) is 1. The van der Waals surface area contributed by atoms with Crippen LogP contribution in [0.2, 0.25) is 0 Å². The van der Waals surface area contributed by atoms with E-state index in [1.807, 2.05) is 13.8 Å². The van der Waals surface area contributed by atoms with Crippen LogP contribution in [0.15, 0.2) is 46.2 Å². The fourth-order valence-corrected chi connectivity index (χ4v) is 8.05. The second-order valence-electron chi connectivity index (χ2n) is 13.0. The molecule has 2 unspecified atom stereocenters. The Morgan fingerprint density at radius 2 is 1.78 bits per heavy atom. The molecule has 4 aliphatic heterocycles. The molecular weight excluding hydrogens is 722 g/mol. The van der Waals surface area contributed by atoms with E-state index in [-0.39, 0.29) is 39.8 Å². The molecule has 274 valence electrons. The summed E-state index contributed by atoms with van der Waals surface area (Å²) in [5.41, 5.74) is 0.0540. The number of nitrogen functional groups attached to an aromatic ring is 1. The minimum absolute atomic E-state index is 0.0256. The van der Waals surface area contributed by atoms with Crippen molar-refractivity contribution in [2.75, 3.05) is 12.3 Å². The van der Waals surface area contributed by atoms with Gasteiger partial charge in [0.05, 0.1) is 18.3 Å². The monoisotopic (exact) mass is 753 g/mol.